The first-order chi connectivity index (χ1) is 15.8. The Hall–Kier alpha value is -3.04. The van der Waals surface area contributed by atoms with E-state index >= 15 is 0 Å². The number of halogens is 2. The van der Waals surface area contributed by atoms with Crippen LogP contribution in [0, 0.1) is 0 Å². The number of rotatable bonds is 11. The van der Waals surface area contributed by atoms with Crippen LogP contribution >= 0.6 is 23.2 Å². The molecule has 9 nitrogen and oxygen atoms in total. The summed E-state index contributed by atoms with van der Waals surface area (Å²) in [7, 11) is 2.84. The summed E-state index contributed by atoms with van der Waals surface area (Å²) < 4.78 is 21.5. The summed E-state index contributed by atoms with van der Waals surface area (Å²) in [6.45, 7) is 5.62. The SMILES string of the molecule is CCOc1cc(N=NC(C(C)=O)C(=O)Nc2c(Cl)ccc(OC)c2OC)c(Cl)c(OCC)c1. The summed E-state index contributed by atoms with van der Waals surface area (Å²) in [5.41, 5.74) is 0.321. The van der Waals surface area contributed by atoms with Gasteiger partial charge in [0.05, 0.1) is 32.5 Å². The number of Topliss-reactive ketones (excluding diaryl/α,β-unsaturated/α-hetero) is 1. The van der Waals surface area contributed by atoms with Crippen molar-refractivity contribution in [2.75, 3.05) is 32.8 Å². The van der Waals surface area contributed by atoms with Crippen molar-refractivity contribution in [1.29, 1.82) is 0 Å². The van der Waals surface area contributed by atoms with Crippen molar-refractivity contribution in [2.45, 2.75) is 26.8 Å². The summed E-state index contributed by atoms with van der Waals surface area (Å²) in [4.78, 5) is 25.1. The molecule has 0 aromatic heterocycles. The van der Waals surface area contributed by atoms with E-state index in [0.717, 1.165) is 0 Å². The number of ketones is 1. The van der Waals surface area contributed by atoms with E-state index < -0.39 is 17.7 Å². The first-order valence-corrected chi connectivity index (χ1v) is 10.7. The van der Waals surface area contributed by atoms with Crippen LogP contribution in [0.4, 0.5) is 11.4 Å². The molecule has 11 heteroatoms. The third kappa shape index (κ3) is 6.49. The van der Waals surface area contributed by atoms with Gasteiger partial charge >= 0.3 is 0 Å². The zero-order chi connectivity index (χ0) is 24.5. The molecular formula is C22H25Cl2N3O6. The van der Waals surface area contributed by atoms with Crippen LogP contribution in [0.2, 0.25) is 10.0 Å². The fourth-order valence-electron chi connectivity index (χ4n) is 2.79. The minimum absolute atomic E-state index is 0.139. The summed E-state index contributed by atoms with van der Waals surface area (Å²) in [6, 6.07) is 4.80. The lowest BCUT2D eigenvalue weighted by Crippen LogP contribution is -2.32. The highest BCUT2D eigenvalue weighted by Gasteiger charge is 2.26. The quantitative estimate of drug-likeness (QED) is 0.324. The van der Waals surface area contributed by atoms with Crippen LogP contribution in [-0.2, 0) is 9.59 Å². The van der Waals surface area contributed by atoms with E-state index in [-0.39, 0.29) is 27.2 Å². The molecule has 0 aliphatic carbocycles. The fraction of sp³-hybridized carbons (Fsp3) is 0.364. The second kappa shape index (κ2) is 12.3. The lowest BCUT2D eigenvalue weighted by atomic mass is 10.2. The monoisotopic (exact) mass is 497 g/mol. The molecule has 0 radical (unpaired) electrons. The molecule has 0 aliphatic heterocycles. The summed E-state index contributed by atoms with van der Waals surface area (Å²) in [5, 5.41) is 10.9. The third-order valence-electron chi connectivity index (χ3n) is 4.26. The van der Waals surface area contributed by atoms with Crippen molar-refractivity contribution >= 4 is 46.3 Å². The predicted molar refractivity (Wildman–Crippen MR) is 126 cm³/mol. The van der Waals surface area contributed by atoms with Crippen LogP contribution in [-0.4, -0.2) is 45.2 Å². The number of anilines is 1. The Bertz CT molecular complexity index is 1050. The molecule has 0 saturated carbocycles. The van der Waals surface area contributed by atoms with E-state index in [1.54, 1.807) is 19.1 Å². The molecule has 1 N–H and O–H groups in total. The van der Waals surface area contributed by atoms with Crippen molar-refractivity contribution in [1.82, 2.24) is 0 Å². The third-order valence-corrected chi connectivity index (χ3v) is 4.96. The maximum Gasteiger partial charge on any atom is 0.258 e. The van der Waals surface area contributed by atoms with Gasteiger partial charge in [0.15, 0.2) is 17.3 Å². The van der Waals surface area contributed by atoms with Gasteiger partial charge in [0.2, 0.25) is 6.04 Å². The van der Waals surface area contributed by atoms with E-state index in [9.17, 15) is 9.59 Å². The number of hydrogen-bond acceptors (Lipinski definition) is 8. The number of nitrogens with zero attached hydrogens (tertiary/aromatic N) is 2. The Balaban J connectivity index is 2.39. The summed E-state index contributed by atoms with van der Waals surface area (Å²) in [5.74, 6) is 0.0394. The minimum atomic E-state index is -1.47. The molecule has 2 rings (SSSR count). The molecule has 1 amide bonds. The molecule has 2 aromatic rings. The number of carbonyl (C=O) groups excluding carboxylic acids is 2. The van der Waals surface area contributed by atoms with Crippen molar-refractivity contribution in [3.8, 4) is 23.0 Å². The molecule has 178 valence electrons. The average Bonchev–Trinajstić information content (AvgIpc) is 2.78. The number of ether oxygens (including phenoxy) is 4. The summed E-state index contributed by atoms with van der Waals surface area (Å²) in [6.07, 6.45) is 0. The molecule has 1 unspecified atom stereocenters. The van der Waals surface area contributed by atoms with Gasteiger partial charge < -0.3 is 24.3 Å². The van der Waals surface area contributed by atoms with E-state index in [0.29, 0.717) is 30.5 Å². The predicted octanol–water partition coefficient (Wildman–Crippen LogP) is 5.49. The number of amides is 1. The fourth-order valence-corrected chi connectivity index (χ4v) is 3.19. The molecule has 0 saturated heterocycles. The van der Waals surface area contributed by atoms with Crippen LogP contribution in [0.5, 0.6) is 23.0 Å². The Kier molecular flexibility index (Phi) is 9.74. The lowest BCUT2D eigenvalue weighted by molar-refractivity contribution is -0.126. The smallest absolute Gasteiger partial charge is 0.258 e. The van der Waals surface area contributed by atoms with E-state index in [2.05, 4.69) is 15.5 Å². The van der Waals surface area contributed by atoms with Gasteiger partial charge in [0.25, 0.3) is 5.91 Å². The van der Waals surface area contributed by atoms with E-state index in [4.69, 9.17) is 42.1 Å². The van der Waals surface area contributed by atoms with E-state index in [1.807, 2.05) is 6.92 Å². The highest BCUT2D eigenvalue weighted by atomic mass is 35.5. The highest BCUT2D eigenvalue weighted by Crippen LogP contribution is 2.41. The number of azo groups is 1. The van der Waals surface area contributed by atoms with Crippen LogP contribution < -0.4 is 24.3 Å². The van der Waals surface area contributed by atoms with Crippen molar-refractivity contribution < 1.29 is 28.5 Å². The second-order valence-electron chi connectivity index (χ2n) is 6.50. The number of benzene rings is 2. The first kappa shape index (κ1) is 26.2. The largest absolute Gasteiger partial charge is 0.494 e. The molecular weight excluding hydrogens is 473 g/mol. The van der Waals surface area contributed by atoms with E-state index in [1.165, 1.54) is 33.3 Å². The molecule has 1 atom stereocenters. The maximum atomic E-state index is 12.9. The Morgan fingerprint density at radius 3 is 2.30 bits per heavy atom. The molecule has 0 aliphatic rings. The van der Waals surface area contributed by atoms with Gasteiger partial charge in [-0.15, -0.1) is 0 Å². The lowest BCUT2D eigenvalue weighted by Gasteiger charge is -2.16. The number of carbonyl (C=O) groups is 2. The van der Waals surface area contributed by atoms with Gasteiger partial charge in [0, 0.05) is 12.1 Å². The van der Waals surface area contributed by atoms with Crippen molar-refractivity contribution in [2.24, 2.45) is 10.2 Å². The standard InChI is InChI=1S/C22H25Cl2N3O6/c1-6-32-13-10-15(18(24)17(11-13)33-7-2)26-27-19(12(3)28)22(29)25-20-14(23)8-9-16(30-4)21(20)31-5/h8-11,19H,6-7H2,1-5H3,(H,25,29). The molecule has 0 heterocycles. The maximum absolute atomic E-state index is 12.9. The zero-order valence-corrected chi connectivity index (χ0v) is 20.4. The number of methoxy groups -OCH3 is 2. The van der Waals surface area contributed by atoms with Gasteiger partial charge in [0.1, 0.15) is 27.9 Å². The molecule has 0 bridgehead atoms. The van der Waals surface area contributed by atoms with Crippen LogP contribution in [0.15, 0.2) is 34.5 Å². The molecule has 2 aromatic carbocycles. The zero-order valence-electron chi connectivity index (χ0n) is 18.9. The van der Waals surface area contributed by atoms with Crippen LogP contribution in [0.3, 0.4) is 0 Å². The highest BCUT2D eigenvalue weighted by molar-refractivity contribution is 6.35. The van der Waals surface area contributed by atoms with Crippen molar-refractivity contribution in [3.63, 3.8) is 0 Å². The van der Waals surface area contributed by atoms with Gasteiger partial charge in [-0.3, -0.25) is 9.59 Å². The van der Waals surface area contributed by atoms with Crippen LogP contribution in [0.25, 0.3) is 0 Å². The number of hydrogen-bond donors (Lipinski definition) is 1. The second-order valence-corrected chi connectivity index (χ2v) is 7.28. The first-order valence-electron chi connectivity index (χ1n) is 9.99. The Labute approximate surface area is 202 Å². The van der Waals surface area contributed by atoms with Crippen LogP contribution in [0.1, 0.15) is 20.8 Å². The van der Waals surface area contributed by atoms with Gasteiger partial charge in [-0.1, -0.05) is 23.2 Å². The normalized spacial score (nSPS) is 11.7. The molecule has 33 heavy (non-hydrogen) atoms. The minimum Gasteiger partial charge on any atom is -0.494 e. The van der Waals surface area contributed by atoms with Gasteiger partial charge in [-0.05, 0) is 32.9 Å². The van der Waals surface area contributed by atoms with Crippen molar-refractivity contribution in [3.05, 3.63) is 34.3 Å². The summed E-state index contributed by atoms with van der Waals surface area (Å²) >= 11 is 12.6. The number of nitrogens with one attached hydrogen (secondary N) is 1. The van der Waals surface area contributed by atoms with Gasteiger partial charge in [-0.2, -0.15) is 10.2 Å². The Morgan fingerprint density at radius 1 is 1.03 bits per heavy atom. The average molecular weight is 498 g/mol. The molecule has 0 spiro atoms. The Morgan fingerprint density at radius 2 is 1.73 bits per heavy atom. The topological polar surface area (TPSA) is 108 Å². The molecule has 0 fully saturated rings. The van der Waals surface area contributed by atoms with Gasteiger partial charge in [-0.25, -0.2) is 0 Å².